The van der Waals surface area contributed by atoms with Crippen LogP contribution in [0.1, 0.15) is 6.92 Å². The fourth-order valence-electron chi connectivity index (χ4n) is 2.59. The van der Waals surface area contributed by atoms with E-state index >= 15 is 0 Å². The van der Waals surface area contributed by atoms with E-state index in [0.717, 1.165) is 0 Å². The highest BCUT2D eigenvalue weighted by molar-refractivity contribution is 5.40. The maximum Gasteiger partial charge on any atom is 0.161 e. The molecule has 1 heterocycles. The molecule has 2 aromatic carbocycles. The summed E-state index contributed by atoms with van der Waals surface area (Å²) in [5.41, 5.74) is 0. The summed E-state index contributed by atoms with van der Waals surface area (Å²) in [7, 11) is 0. The molecule has 27 heavy (non-hydrogen) atoms. The molecule has 0 radical (unpaired) electrons. The lowest BCUT2D eigenvalue weighted by molar-refractivity contribution is 0.0385. The van der Waals surface area contributed by atoms with Crippen molar-refractivity contribution in [1.82, 2.24) is 0 Å². The van der Waals surface area contributed by atoms with Gasteiger partial charge in [0.2, 0.25) is 0 Å². The van der Waals surface area contributed by atoms with E-state index in [0.29, 0.717) is 69.2 Å². The summed E-state index contributed by atoms with van der Waals surface area (Å²) in [6, 6.07) is 15.2. The van der Waals surface area contributed by atoms with Crippen LogP contribution < -0.4 is 18.9 Å². The Hall–Kier alpha value is -2.44. The Bertz CT molecular complexity index is 690. The molecule has 1 aliphatic rings. The fourth-order valence-corrected chi connectivity index (χ4v) is 2.59. The first-order chi connectivity index (χ1) is 13.3. The summed E-state index contributed by atoms with van der Waals surface area (Å²) < 4.78 is 34.5. The molecule has 0 saturated carbocycles. The Morgan fingerprint density at radius 3 is 1.59 bits per heavy atom. The van der Waals surface area contributed by atoms with E-state index in [-0.39, 0.29) is 6.10 Å². The zero-order valence-electron chi connectivity index (χ0n) is 15.6. The third-order valence-corrected chi connectivity index (χ3v) is 3.83. The third-order valence-electron chi connectivity index (χ3n) is 3.83. The van der Waals surface area contributed by atoms with Gasteiger partial charge in [-0.05, 0) is 31.2 Å². The van der Waals surface area contributed by atoms with Crippen molar-refractivity contribution in [2.75, 3.05) is 46.2 Å². The average molecular weight is 374 g/mol. The molecular weight excluding hydrogens is 348 g/mol. The van der Waals surface area contributed by atoms with Gasteiger partial charge in [-0.3, -0.25) is 0 Å². The van der Waals surface area contributed by atoms with E-state index in [1.165, 1.54) is 0 Å². The minimum atomic E-state index is -0.111. The Morgan fingerprint density at radius 2 is 1.04 bits per heavy atom. The Balaban J connectivity index is 1.60. The molecule has 2 aromatic rings. The van der Waals surface area contributed by atoms with Crippen molar-refractivity contribution in [3.8, 4) is 23.0 Å². The summed E-state index contributed by atoms with van der Waals surface area (Å²) in [5.74, 6) is 2.79. The highest BCUT2D eigenvalue weighted by Gasteiger charge is 2.10. The minimum absolute atomic E-state index is 0.111. The molecule has 0 fully saturated rings. The minimum Gasteiger partial charge on any atom is -0.487 e. The van der Waals surface area contributed by atoms with E-state index in [1.807, 2.05) is 55.5 Å². The summed E-state index contributed by atoms with van der Waals surface area (Å²) >= 11 is 0. The zero-order valence-corrected chi connectivity index (χ0v) is 15.6. The molecule has 0 aromatic heterocycles. The van der Waals surface area contributed by atoms with Crippen LogP contribution in [0.15, 0.2) is 48.5 Å². The van der Waals surface area contributed by atoms with Crippen LogP contribution >= 0.6 is 0 Å². The number of ether oxygens (including phenoxy) is 6. The van der Waals surface area contributed by atoms with Crippen molar-refractivity contribution in [1.29, 1.82) is 0 Å². The van der Waals surface area contributed by atoms with Gasteiger partial charge in [0.15, 0.2) is 23.0 Å². The van der Waals surface area contributed by atoms with Gasteiger partial charge in [-0.15, -0.1) is 0 Å². The van der Waals surface area contributed by atoms with Crippen LogP contribution in [-0.2, 0) is 9.47 Å². The molecule has 1 aliphatic heterocycles. The Labute approximate surface area is 159 Å². The molecular formula is C21H26O6. The maximum absolute atomic E-state index is 5.95. The molecule has 3 rings (SSSR count). The van der Waals surface area contributed by atoms with Crippen LogP contribution in [0, 0.1) is 0 Å². The number of hydrogen-bond donors (Lipinski definition) is 0. The van der Waals surface area contributed by atoms with Gasteiger partial charge < -0.3 is 28.4 Å². The van der Waals surface area contributed by atoms with Gasteiger partial charge in [0, 0.05) is 0 Å². The van der Waals surface area contributed by atoms with Crippen LogP contribution in [0.4, 0.5) is 0 Å². The van der Waals surface area contributed by atoms with Gasteiger partial charge in [0.1, 0.15) is 25.9 Å². The van der Waals surface area contributed by atoms with Crippen LogP contribution in [0.2, 0.25) is 0 Å². The summed E-state index contributed by atoms with van der Waals surface area (Å²) in [6.07, 6.45) is -0.111. The number of rotatable bonds is 0. The molecule has 0 aliphatic carbocycles. The van der Waals surface area contributed by atoms with Crippen LogP contribution in [0.25, 0.3) is 0 Å². The number of para-hydroxylation sites is 4. The third kappa shape index (κ3) is 6.34. The van der Waals surface area contributed by atoms with Crippen LogP contribution in [-0.4, -0.2) is 52.4 Å². The molecule has 0 saturated heterocycles. The predicted octanol–water partition coefficient (Wildman–Crippen LogP) is 3.34. The second-order valence-electron chi connectivity index (χ2n) is 6.05. The quantitative estimate of drug-likeness (QED) is 0.705. The van der Waals surface area contributed by atoms with Gasteiger partial charge in [-0.1, -0.05) is 24.3 Å². The van der Waals surface area contributed by atoms with E-state index < -0.39 is 0 Å². The van der Waals surface area contributed by atoms with Gasteiger partial charge >= 0.3 is 0 Å². The molecule has 6 heteroatoms. The fraction of sp³-hybridized carbons (Fsp3) is 0.429. The predicted molar refractivity (Wildman–Crippen MR) is 101 cm³/mol. The summed E-state index contributed by atoms with van der Waals surface area (Å²) in [6.45, 7) is 5.12. The highest BCUT2D eigenvalue weighted by atomic mass is 16.6. The Kier molecular flexibility index (Phi) is 7.62. The van der Waals surface area contributed by atoms with Crippen molar-refractivity contribution in [3.05, 3.63) is 48.5 Å². The molecule has 0 N–H and O–H groups in total. The van der Waals surface area contributed by atoms with Crippen molar-refractivity contribution in [2.24, 2.45) is 0 Å². The molecule has 1 unspecified atom stereocenters. The van der Waals surface area contributed by atoms with Gasteiger partial charge in [0.25, 0.3) is 0 Å². The second kappa shape index (κ2) is 10.6. The smallest absolute Gasteiger partial charge is 0.161 e. The van der Waals surface area contributed by atoms with Gasteiger partial charge in [-0.2, -0.15) is 0 Å². The molecule has 6 nitrogen and oxygen atoms in total. The lowest BCUT2D eigenvalue weighted by Crippen LogP contribution is -2.21. The van der Waals surface area contributed by atoms with Crippen molar-refractivity contribution in [3.63, 3.8) is 0 Å². The van der Waals surface area contributed by atoms with Crippen LogP contribution in [0.5, 0.6) is 23.0 Å². The molecule has 146 valence electrons. The first-order valence-electron chi connectivity index (χ1n) is 9.21. The molecule has 0 spiro atoms. The molecule has 0 bridgehead atoms. The van der Waals surface area contributed by atoms with Crippen molar-refractivity contribution in [2.45, 2.75) is 13.0 Å². The normalized spacial score (nSPS) is 19.5. The second-order valence-corrected chi connectivity index (χ2v) is 6.05. The van der Waals surface area contributed by atoms with E-state index in [1.54, 1.807) is 0 Å². The van der Waals surface area contributed by atoms with Gasteiger partial charge in [0.05, 0.1) is 26.4 Å². The molecule has 1 atom stereocenters. The highest BCUT2D eigenvalue weighted by Crippen LogP contribution is 2.28. The zero-order chi connectivity index (χ0) is 18.7. The van der Waals surface area contributed by atoms with Crippen molar-refractivity contribution >= 4 is 0 Å². The number of benzene rings is 2. The van der Waals surface area contributed by atoms with E-state index in [4.69, 9.17) is 28.4 Å². The summed E-state index contributed by atoms with van der Waals surface area (Å²) in [5, 5.41) is 0. The lowest BCUT2D eigenvalue weighted by atomic mass is 10.3. The number of fused-ring (bicyclic) bond motifs is 2. The monoisotopic (exact) mass is 374 g/mol. The van der Waals surface area contributed by atoms with Crippen molar-refractivity contribution < 1.29 is 28.4 Å². The number of hydrogen-bond acceptors (Lipinski definition) is 6. The van der Waals surface area contributed by atoms with Crippen LogP contribution in [0.3, 0.4) is 0 Å². The van der Waals surface area contributed by atoms with E-state index in [2.05, 4.69) is 0 Å². The maximum atomic E-state index is 5.95. The largest absolute Gasteiger partial charge is 0.487 e. The standard InChI is InChI=1S/C21H26O6/c1-17-16-23-12-15-25-19-7-3-2-6-18(19)24-13-10-22-11-14-26-20-8-4-5-9-21(20)27-17/h2-9,17H,10-16H2,1H3. The first kappa shape index (κ1) is 19.3. The summed E-state index contributed by atoms with van der Waals surface area (Å²) in [4.78, 5) is 0. The van der Waals surface area contributed by atoms with Gasteiger partial charge in [-0.25, -0.2) is 0 Å². The molecule has 0 amide bonds. The topological polar surface area (TPSA) is 55.4 Å². The SMILES string of the molecule is CC1COCCOc2ccccc2OCCOCCOc2ccccc2O1. The first-order valence-corrected chi connectivity index (χ1v) is 9.21. The Morgan fingerprint density at radius 1 is 0.593 bits per heavy atom. The average Bonchev–Trinajstić information content (AvgIpc) is 2.68. The lowest BCUT2D eigenvalue weighted by Gasteiger charge is -2.18. The van der Waals surface area contributed by atoms with E-state index in [9.17, 15) is 0 Å².